The summed E-state index contributed by atoms with van der Waals surface area (Å²) < 4.78 is 0. The van der Waals surface area contributed by atoms with Crippen molar-refractivity contribution >= 4 is 11.9 Å². The number of nitrogens with zero attached hydrogens (tertiary/aromatic N) is 1. The van der Waals surface area contributed by atoms with E-state index in [0.29, 0.717) is 0 Å². The van der Waals surface area contributed by atoms with Crippen molar-refractivity contribution in [3.8, 4) is 0 Å². The summed E-state index contributed by atoms with van der Waals surface area (Å²) >= 11 is 0. The molecule has 0 unspecified atom stereocenters. The fourth-order valence-corrected chi connectivity index (χ4v) is 0.448. The molecule has 0 aliphatic carbocycles. The van der Waals surface area contributed by atoms with E-state index < -0.39 is 11.9 Å². The summed E-state index contributed by atoms with van der Waals surface area (Å²) in [7, 11) is 0. The van der Waals surface area contributed by atoms with Gasteiger partial charge in [0.05, 0.1) is 11.9 Å². The Morgan fingerprint density at radius 2 is 1.60 bits per heavy atom. The maximum absolute atomic E-state index is 8.93. The molecule has 1 aromatic rings. The average Bonchev–Trinajstić information content (AvgIpc) is 2.06. The molecule has 1 heterocycles. The first-order valence-corrected chi connectivity index (χ1v) is 3.34. The number of rotatable bonds is 0. The van der Waals surface area contributed by atoms with Gasteiger partial charge in [0.2, 0.25) is 0 Å². The average molecular weight is 227 g/mol. The van der Waals surface area contributed by atoms with Crippen LogP contribution in [0.1, 0.15) is 5.69 Å². The van der Waals surface area contributed by atoms with Crippen molar-refractivity contribution in [2.45, 2.75) is 6.92 Å². The molecule has 0 saturated carbocycles. The Morgan fingerprint density at radius 1 is 1.13 bits per heavy atom. The minimum atomic E-state index is -2.19. The summed E-state index contributed by atoms with van der Waals surface area (Å²) in [5, 5.41) is 17.9. The molecule has 0 N–H and O–H groups in total. The third-order valence-corrected chi connectivity index (χ3v) is 0.979. The van der Waals surface area contributed by atoms with Gasteiger partial charge < -0.3 is 19.8 Å². The van der Waals surface area contributed by atoms with Crippen LogP contribution in [-0.2, 0) is 9.59 Å². The van der Waals surface area contributed by atoms with Gasteiger partial charge in [-0.3, -0.25) is 4.98 Å². The van der Waals surface area contributed by atoms with Gasteiger partial charge >= 0.3 is 59.1 Å². The van der Waals surface area contributed by atoms with Gasteiger partial charge in [0.1, 0.15) is 0 Å². The van der Waals surface area contributed by atoms with Crippen LogP contribution in [-0.4, -0.2) is 16.9 Å². The van der Waals surface area contributed by atoms with Gasteiger partial charge in [-0.1, -0.05) is 6.07 Å². The van der Waals surface area contributed by atoms with Crippen LogP contribution in [0.2, 0.25) is 0 Å². The third-order valence-electron chi connectivity index (χ3n) is 0.979. The molecule has 0 saturated heterocycles. The number of carboxylic acids is 2. The quantitative estimate of drug-likeness (QED) is 0.324. The first kappa shape index (κ1) is 20.5. The van der Waals surface area contributed by atoms with E-state index in [1.54, 1.807) is 6.20 Å². The predicted molar refractivity (Wildman–Crippen MR) is 39.0 cm³/mol. The zero-order chi connectivity index (χ0) is 10.3. The first-order valence-electron chi connectivity index (χ1n) is 3.34. The summed E-state index contributed by atoms with van der Waals surface area (Å²) in [5.74, 6) is -4.37. The van der Waals surface area contributed by atoms with E-state index in [0.717, 1.165) is 5.69 Å². The Hall–Kier alpha value is 0.0900. The van der Waals surface area contributed by atoms with E-state index >= 15 is 0 Å². The number of carboxylic acid groups (broad SMARTS) is 2. The molecule has 0 bridgehead atoms. The Bertz CT molecular complexity index is 280. The van der Waals surface area contributed by atoms with Crippen molar-refractivity contribution in [2.75, 3.05) is 0 Å². The fourth-order valence-electron chi connectivity index (χ4n) is 0.448. The molecular weight excluding hydrogens is 220 g/mol. The zero-order valence-electron chi connectivity index (χ0n) is 8.89. The van der Waals surface area contributed by atoms with Crippen molar-refractivity contribution in [1.82, 2.24) is 4.98 Å². The van der Waals surface area contributed by atoms with Gasteiger partial charge in [0, 0.05) is 11.9 Å². The van der Waals surface area contributed by atoms with Gasteiger partial charge in [0.15, 0.2) is 0 Å². The Morgan fingerprint density at radius 3 is 1.73 bits per heavy atom. The van der Waals surface area contributed by atoms with Crippen LogP contribution < -0.4 is 69.3 Å². The van der Waals surface area contributed by atoms with E-state index in [4.69, 9.17) is 19.8 Å². The predicted octanol–water partition coefficient (Wildman–Crippen LogP) is -8.12. The van der Waals surface area contributed by atoms with Gasteiger partial charge in [0.25, 0.3) is 0 Å². The van der Waals surface area contributed by atoms with Gasteiger partial charge in [-0.2, -0.15) is 0 Å². The Balaban J connectivity index is -0.000000172. The molecule has 0 fully saturated rings. The van der Waals surface area contributed by atoms with Crippen LogP contribution in [0.5, 0.6) is 0 Å². The van der Waals surface area contributed by atoms with E-state index in [9.17, 15) is 0 Å². The van der Waals surface area contributed by atoms with Crippen LogP contribution in [0.25, 0.3) is 0 Å². The SMILES string of the molecule is Cc1ccccn1.O=C([O-])C(=O)[O-].[Na+].[Na+]. The number of aryl methyl sites for hydroxylation is 1. The molecular formula is C8H7NNa2O4. The summed E-state index contributed by atoms with van der Waals surface area (Å²) in [6.45, 7) is 1.97. The molecule has 0 atom stereocenters. The minimum absolute atomic E-state index is 0. The summed E-state index contributed by atoms with van der Waals surface area (Å²) in [5.41, 5.74) is 1.07. The molecule has 70 valence electrons. The maximum atomic E-state index is 8.93. The first-order chi connectivity index (χ1) is 6.04. The second-order valence-electron chi connectivity index (χ2n) is 2.05. The molecule has 0 spiro atoms. The number of hydrogen-bond acceptors (Lipinski definition) is 5. The monoisotopic (exact) mass is 227 g/mol. The molecule has 15 heavy (non-hydrogen) atoms. The van der Waals surface area contributed by atoms with Crippen molar-refractivity contribution in [3.63, 3.8) is 0 Å². The van der Waals surface area contributed by atoms with Crippen LogP contribution in [0.3, 0.4) is 0 Å². The summed E-state index contributed by atoms with van der Waals surface area (Å²) in [4.78, 5) is 21.8. The molecule has 5 nitrogen and oxygen atoms in total. The van der Waals surface area contributed by atoms with Crippen LogP contribution >= 0.6 is 0 Å². The Kier molecular flexibility index (Phi) is 16.6. The minimum Gasteiger partial charge on any atom is -0.543 e. The molecule has 1 rings (SSSR count). The van der Waals surface area contributed by atoms with Gasteiger partial charge in [-0.25, -0.2) is 0 Å². The van der Waals surface area contributed by atoms with E-state index in [1.165, 1.54) is 0 Å². The van der Waals surface area contributed by atoms with Crippen molar-refractivity contribution in [1.29, 1.82) is 0 Å². The smallest absolute Gasteiger partial charge is 0.543 e. The second kappa shape index (κ2) is 12.2. The molecule has 0 aliphatic rings. The normalized spacial score (nSPS) is 7.00. The number of aliphatic carboxylic acids is 2. The zero-order valence-corrected chi connectivity index (χ0v) is 12.9. The molecule has 0 aromatic carbocycles. The summed E-state index contributed by atoms with van der Waals surface area (Å²) in [6.07, 6.45) is 1.79. The summed E-state index contributed by atoms with van der Waals surface area (Å²) in [6, 6.07) is 5.86. The second-order valence-corrected chi connectivity index (χ2v) is 2.05. The fraction of sp³-hybridized carbons (Fsp3) is 0.125. The maximum Gasteiger partial charge on any atom is 1.00 e. The topological polar surface area (TPSA) is 93.2 Å². The number of carbonyl (C=O) groups is 2. The van der Waals surface area contributed by atoms with Gasteiger partial charge in [-0.15, -0.1) is 0 Å². The van der Waals surface area contributed by atoms with E-state index in [1.807, 2.05) is 25.1 Å². The molecule has 0 amide bonds. The number of pyridine rings is 1. The van der Waals surface area contributed by atoms with Crippen LogP contribution in [0, 0.1) is 6.92 Å². The van der Waals surface area contributed by atoms with Crippen LogP contribution in [0.15, 0.2) is 24.4 Å². The molecule has 7 heteroatoms. The number of carbonyl (C=O) groups excluding carboxylic acids is 2. The number of aromatic nitrogens is 1. The van der Waals surface area contributed by atoms with Gasteiger partial charge in [-0.05, 0) is 19.1 Å². The van der Waals surface area contributed by atoms with Crippen molar-refractivity contribution in [3.05, 3.63) is 30.1 Å². The standard InChI is InChI=1S/C6H7N.C2H2O4.2Na/c1-6-4-2-3-5-7-6;3-1(4)2(5)6;;/h2-5H,1H3;(H,3,4)(H,5,6);;/q;;2*+1/p-2. The third kappa shape index (κ3) is 14.1. The van der Waals surface area contributed by atoms with E-state index in [2.05, 4.69) is 4.98 Å². The molecule has 1 aromatic heterocycles. The van der Waals surface area contributed by atoms with Crippen LogP contribution in [0.4, 0.5) is 0 Å². The Labute approximate surface area is 131 Å². The van der Waals surface area contributed by atoms with Crippen molar-refractivity contribution < 1.29 is 78.9 Å². The number of hydrogen-bond donors (Lipinski definition) is 0. The molecule has 0 aliphatic heterocycles. The van der Waals surface area contributed by atoms with E-state index in [-0.39, 0.29) is 59.1 Å². The largest absolute Gasteiger partial charge is 1.00 e. The molecule has 0 radical (unpaired) electrons. The van der Waals surface area contributed by atoms with Crippen molar-refractivity contribution in [2.24, 2.45) is 0 Å².